The Morgan fingerprint density at radius 3 is 2.52 bits per heavy atom. The molecule has 0 aliphatic carbocycles. The summed E-state index contributed by atoms with van der Waals surface area (Å²) in [5.74, 6) is -0.708. The lowest BCUT2D eigenvalue weighted by molar-refractivity contribution is 0.0749. The van der Waals surface area contributed by atoms with Crippen molar-refractivity contribution < 1.29 is 9.18 Å². The number of rotatable bonds is 6. The standard InChI is InChI=1S/C23H24FN3O2/c1-4-27(15-17-9-11-25-12-10-17)23(29)22-20(26(3)16(2)13-21(22)28)14-18-7-5-6-8-19(18)24/h5-13H,4,14-15H2,1-3H3. The van der Waals surface area contributed by atoms with Gasteiger partial charge in [-0.2, -0.15) is 0 Å². The maximum Gasteiger partial charge on any atom is 0.259 e. The van der Waals surface area contributed by atoms with E-state index in [9.17, 15) is 14.0 Å². The highest BCUT2D eigenvalue weighted by Gasteiger charge is 2.24. The van der Waals surface area contributed by atoms with Crippen LogP contribution in [0.2, 0.25) is 0 Å². The average molecular weight is 393 g/mol. The average Bonchev–Trinajstić information content (AvgIpc) is 2.72. The molecule has 0 fully saturated rings. The minimum absolute atomic E-state index is 0.0947. The minimum Gasteiger partial charge on any atom is -0.351 e. The van der Waals surface area contributed by atoms with Crippen LogP contribution in [-0.4, -0.2) is 26.9 Å². The highest BCUT2D eigenvalue weighted by Crippen LogP contribution is 2.18. The van der Waals surface area contributed by atoms with Gasteiger partial charge in [0.15, 0.2) is 5.43 Å². The Hall–Kier alpha value is -3.28. The van der Waals surface area contributed by atoms with E-state index in [1.807, 2.05) is 19.1 Å². The zero-order valence-electron chi connectivity index (χ0n) is 16.9. The van der Waals surface area contributed by atoms with Crippen LogP contribution in [0.1, 0.15) is 39.8 Å². The van der Waals surface area contributed by atoms with E-state index in [1.54, 1.807) is 54.0 Å². The predicted molar refractivity (Wildman–Crippen MR) is 110 cm³/mol. The highest BCUT2D eigenvalue weighted by atomic mass is 19.1. The Balaban J connectivity index is 2.05. The molecule has 0 aliphatic heterocycles. The molecule has 150 valence electrons. The van der Waals surface area contributed by atoms with Gasteiger partial charge in [0.1, 0.15) is 11.4 Å². The van der Waals surface area contributed by atoms with Crippen molar-refractivity contribution in [2.24, 2.45) is 7.05 Å². The molecule has 0 saturated heterocycles. The lowest BCUT2D eigenvalue weighted by Gasteiger charge is -2.24. The van der Waals surface area contributed by atoms with E-state index in [1.165, 1.54) is 12.1 Å². The first-order chi connectivity index (χ1) is 13.9. The van der Waals surface area contributed by atoms with Crippen LogP contribution in [0.5, 0.6) is 0 Å². The number of aromatic nitrogens is 2. The van der Waals surface area contributed by atoms with Gasteiger partial charge in [-0.1, -0.05) is 18.2 Å². The van der Waals surface area contributed by atoms with Crippen molar-refractivity contribution >= 4 is 5.91 Å². The van der Waals surface area contributed by atoms with Crippen molar-refractivity contribution in [3.05, 3.63) is 99.0 Å². The van der Waals surface area contributed by atoms with Crippen LogP contribution in [0.3, 0.4) is 0 Å². The molecule has 0 atom stereocenters. The first-order valence-electron chi connectivity index (χ1n) is 9.53. The second-order valence-corrected chi connectivity index (χ2v) is 6.97. The lowest BCUT2D eigenvalue weighted by Crippen LogP contribution is -2.36. The van der Waals surface area contributed by atoms with Crippen molar-refractivity contribution in [1.82, 2.24) is 14.5 Å². The van der Waals surface area contributed by atoms with Gasteiger partial charge in [0, 0.05) is 56.4 Å². The summed E-state index contributed by atoms with van der Waals surface area (Å²) in [6.45, 7) is 4.48. The number of hydrogen-bond acceptors (Lipinski definition) is 3. The molecule has 0 spiro atoms. The maximum absolute atomic E-state index is 14.3. The third-order valence-electron chi connectivity index (χ3n) is 5.13. The summed E-state index contributed by atoms with van der Waals surface area (Å²) in [7, 11) is 1.79. The Morgan fingerprint density at radius 2 is 1.86 bits per heavy atom. The lowest BCUT2D eigenvalue weighted by atomic mass is 10.0. The number of aryl methyl sites for hydroxylation is 1. The van der Waals surface area contributed by atoms with Gasteiger partial charge in [0.25, 0.3) is 5.91 Å². The number of nitrogens with zero attached hydrogens (tertiary/aromatic N) is 3. The Bertz CT molecular complexity index is 1080. The van der Waals surface area contributed by atoms with E-state index in [0.29, 0.717) is 24.3 Å². The fourth-order valence-electron chi connectivity index (χ4n) is 3.33. The third kappa shape index (κ3) is 4.42. The molecular weight excluding hydrogens is 369 g/mol. The first-order valence-corrected chi connectivity index (χ1v) is 9.53. The molecule has 0 N–H and O–H groups in total. The second kappa shape index (κ2) is 8.82. The molecule has 1 amide bonds. The summed E-state index contributed by atoms with van der Waals surface area (Å²) in [5, 5.41) is 0. The summed E-state index contributed by atoms with van der Waals surface area (Å²) < 4.78 is 16.1. The molecule has 2 aromatic heterocycles. The molecule has 0 unspecified atom stereocenters. The normalized spacial score (nSPS) is 10.8. The second-order valence-electron chi connectivity index (χ2n) is 6.97. The van der Waals surface area contributed by atoms with Gasteiger partial charge in [-0.3, -0.25) is 14.6 Å². The van der Waals surface area contributed by atoms with Crippen LogP contribution in [0.4, 0.5) is 4.39 Å². The van der Waals surface area contributed by atoms with Crippen LogP contribution in [0.15, 0.2) is 59.7 Å². The molecule has 0 saturated carbocycles. The van der Waals surface area contributed by atoms with Crippen molar-refractivity contribution in [3.8, 4) is 0 Å². The Labute approximate surface area is 169 Å². The van der Waals surface area contributed by atoms with E-state index >= 15 is 0 Å². The molecule has 6 heteroatoms. The molecule has 2 heterocycles. The van der Waals surface area contributed by atoms with Crippen LogP contribution < -0.4 is 5.43 Å². The number of pyridine rings is 2. The van der Waals surface area contributed by atoms with Crippen molar-refractivity contribution in [1.29, 1.82) is 0 Å². The molecule has 1 aromatic carbocycles. The van der Waals surface area contributed by atoms with E-state index in [0.717, 1.165) is 11.3 Å². The minimum atomic E-state index is -0.357. The van der Waals surface area contributed by atoms with Crippen molar-refractivity contribution in [3.63, 3.8) is 0 Å². The van der Waals surface area contributed by atoms with Gasteiger partial charge in [-0.05, 0) is 43.2 Å². The summed E-state index contributed by atoms with van der Waals surface area (Å²) in [6.07, 6.45) is 3.50. The Kier molecular flexibility index (Phi) is 6.22. The molecule has 0 radical (unpaired) electrons. The van der Waals surface area contributed by atoms with Gasteiger partial charge < -0.3 is 9.47 Å². The fourth-order valence-corrected chi connectivity index (χ4v) is 3.33. The van der Waals surface area contributed by atoms with Crippen LogP contribution in [0, 0.1) is 12.7 Å². The van der Waals surface area contributed by atoms with E-state index in [2.05, 4.69) is 4.98 Å². The largest absolute Gasteiger partial charge is 0.351 e. The number of carbonyl (C=O) groups excluding carboxylic acids is 1. The van der Waals surface area contributed by atoms with Crippen molar-refractivity contribution in [2.45, 2.75) is 26.8 Å². The predicted octanol–water partition coefficient (Wildman–Crippen LogP) is 3.48. The number of halogens is 1. The maximum atomic E-state index is 14.3. The molecule has 0 aliphatic rings. The van der Waals surface area contributed by atoms with Gasteiger partial charge >= 0.3 is 0 Å². The van der Waals surface area contributed by atoms with Crippen LogP contribution in [0.25, 0.3) is 0 Å². The number of carbonyl (C=O) groups is 1. The van der Waals surface area contributed by atoms with Crippen molar-refractivity contribution in [2.75, 3.05) is 6.54 Å². The van der Waals surface area contributed by atoms with Gasteiger partial charge in [-0.15, -0.1) is 0 Å². The molecular formula is C23H24FN3O2. The Morgan fingerprint density at radius 1 is 1.17 bits per heavy atom. The SMILES string of the molecule is CCN(Cc1ccncc1)C(=O)c1c(Cc2ccccc2F)n(C)c(C)cc1=O. The first kappa shape index (κ1) is 20.5. The summed E-state index contributed by atoms with van der Waals surface area (Å²) in [6, 6.07) is 11.5. The number of benzene rings is 1. The fraction of sp³-hybridized carbons (Fsp3) is 0.261. The summed E-state index contributed by atoms with van der Waals surface area (Å²) >= 11 is 0. The monoisotopic (exact) mass is 393 g/mol. The molecule has 5 nitrogen and oxygen atoms in total. The third-order valence-corrected chi connectivity index (χ3v) is 5.13. The van der Waals surface area contributed by atoms with E-state index < -0.39 is 0 Å². The topological polar surface area (TPSA) is 55.2 Å². The summed E-state index contributed by atoms with van der Waals surface area (Å²) in [4.78, 5) is 31.8. The number of amides is 1. The smallest absolute Gasteiger partial charge is 0.259 e. The van der Waals surface area contributed by atoms with Gasteiger partial charge in [0.05, 0.1) is 0 Å². The molecule has 0 bridgehead atoms. The van der Waals surface area contributed by atoms with Crippen LogP contribution in [-0.2, 0) is 20.0 Å². The quantitative estimate of drug-likeness (QED) is 0.644. The highest BCUT2D eigenvalue weighted by molar-refractivity contribution is 5.95. The van der Waals surface area contributed by atoms with E-state index in [4.69, 9.17) is 0 Å². The van der Waals surface area contributed by atoms with Gasteiger partial charge in [0.2, 0.25) is 0 Å². The van der Waals surface area contributed by atoms with E-state index in [-0.39, 0.29) is 29.1 Å². The zero-order valence-corrected chi connectivity index (χ0v) is 16.9. The molecule has 3 rings (SSSR count). The zero-order chi connectivity index (χ0) is 21.0. The summed E-state index contributed by atoms with van der Waals surface area (Å²) in [5.41, 5.74) is 2.35. The number of hydrogen-bond donors (Lipinski definition) is 0. The molecule has 29 heavy (non-hydrogen) atoms. The van der Waals surface area contributed by atoms with Gasteiger partial charge in [-0.25, -0.2) is 4.39 Å². The van der Waals surface area contributed by atoms with Crippen LogP contribution >= 0.6 is 0 Å². The molecule has 3 aromatic rings.